The van der Waals surface area contributed by atoms with Crippen LogP contribution in [-0.2, 0) is 0 Å². The zero-order valence-corrected chi connectivity index (χ0v) is 12.4. The Morgan fingerprint density at radius 2 is 1.76 bits per heavy atom. The van der Waals surface area contributed by atoms with E-state index in [1.807, 2.05) is 6.07 Å². The summed E-state index contributed by atoms with van der Waals surface area (Å²) in [4.78, 5) is 8.53. The largest absolute Gasteiger partial charge is 0.231 e. The standard InChI is InChI=1S/C13H22N2S2/c1-3-6-13(10-16,7-4-2)11-17-12-14-8-5-9-15-12/h5,8-9,16H,3-4,6-7,10-11H2,1-2H3. The molecule has 17 heavy (non-hydrogen) atoms. The lowest BCUT2D eigenvalue weighted by Crippen LogP contribution is -2.26. The molecule has 1 aromatic heterocycles. The van der Waals surface area contributed by atoms with E-state index in [1.54, 1.807) is 24.2 Å². The second-order valence-corrected chi connectivity index (χ2v) is 5.74. The first-order valence-electron chi connectivity index (χ1n) is 6.27. The van der Waals surface area contributed by atoms with E-state index in [-0.39, 0.29) is 0 Å². The monoisotopic (exact) mass is 270 g/mol. The van der Waals surface area contributed by atoms with Gasteiger partial charge in [0.15, 0.2) is 5.16 Å². The molecule has 0 radical (unpaired) electrons. The van der Waals surface area contributed by atoms with Gasteiger partial charge in [-0.1, -0.05) is 38.5 Å². The summed E-state index contributed by atoms with van der Waals surface area (Å²) in [5, 5.41) is 0.880. The van der Waals surface area contributed by atoms with Gasteiger partial charge in [-0.3, -0.25) is 0 Å². The molecule has 0 fully saturated rings. The van der Waals surface area contributed by atoms with E-state index < -0.39 is 0 Å². The molecule has 0 aliphatic rings. The number of hydrogen-bond acceptors (Lipinski definition) is 4. The Balaban J connectivity index is 2.59. The van der Waals surface area contributed by atoms with Gasteiger partial charge in [0.2, 0.25) is 0 Å². The molecule has 0 aliphatic heterocycles. The fraction of sp³-hybridized carbons (Fsp3) is 0.692. The third-order valence-corrected chi connectivity index (χ3v) is 4.84. The Morgan fingerprint density at radius 1 is 1.18 bits per heavy atom. The van der Waals surface area contributed by atoms with Gasteiger partial charge in [0.05, 0.1) is 0 Å². The fourth-order valence-electron chi connectivity index (χ4n) is 2.11. The summed E-state index contributed by atoms with van der Waals surface area (Å²) in [6.45, 7) is 4.50. The summed E-state index contributed by atoms with van der Waals surface area (Å²) in [6, 6.07) is 1.86. The molecule has 1 rings (SSSR count). The zero-order chi connectivity index (χ0) is 12.6. The van der Waals surface area contributed by atoms with Gasteiger partial charge in [0, 0.05) is 18.1 Å². The van der Waals surface area contributed by atoms with Gasteiger partial charge < -0.3 is 0 Å². The van der Waals surface area contributed by atoms with Crippen LogP contribution in [0.3, 0.4) is 0 Å². The van der Waals surface area contributed by atoms with Crippen molar-refractivity contribution in [3.63, 3.8) is 0 Å². The Labute approximate surface area is 114 Å². The van der Waals surface area contributed by atoms with Crippen LogP contribution in [0.1, 0.15) is 39.5 Å². The third-order valence-electron chi connectivity index (χ3n) is 2.95. The van der Waals surface area contributed by atoms with Crippen molar-refractivity contribution in [3.8, 4) is 0 Å². The summed E-state index contributed by atoms with van der Waals surface area (Å²) >= 11 is 6.32. The first-order chi connectivity index (χ1) is 8.26. The maximum Gasteiger partial charge on any atom is 0.187 e. The number of nitrogens with zero attached hydrogens (tertiary/aromatic N) is 2. The third kappa shape index (κ3) is 4.88. The van der Waals surface area contributed by atoms with Gasteiger partial charge in [0.1, 0.15) is 0 Å². The fourth-order valence-corrected chi connectivity index (χ4v) is 3.79. The summed E-state index contributed by atoms with van der Waals surface area (Å²) in [6.07, 6.45) is 8.52. The first kappa shape index (κ1) is 14.8. The first-order valence-corrected chi connectivity index (χ1v) is 7.89. The topological polar surface area (TPSA) is 25.8 Å². The Bertz CT molecular complexity index is 298. The molecule has 0 aromatic carbocycles. The SMILES string of the molecule is CCCC(CS)(CCC)CSc1ncccn1. The van der Waals surface area contributed by atoms with Crippen LogP contribution in [-0.4, -0.2) is 21.5 Å². The van der Waals surface area contributed by atoms with Crippen molar-refractivity contribution in [2.24, 2.45) is 5.41 Å². The van der Waals surface area contributed by atoms with Gasteiger partial charge >= 0.3 is 0 Å². The van der Waals surface area contributed by atoms with Crippen molar-refractivity contribution < 1.29 is 0 Å². The molecule has 0 bridgehead atoms. The van der Waals surface area contributed by atoms with Crippen LogP contribution in [0.15, 0.2) is 23.6 Å². The molecule has 0 unspecified atom stereocenters. The Hall–Kier alpha value is -0.220. The molecular formula is C13H22N2S2. The minimum Gasteiger partial charge on any atom is -0.231 e. The van der Waals surface area contributed by atoms with E-state index in [4.69, 9.17) is 0 Å². The maximum absolute atomic E-state index is 4.56. The predicted molar refractivity (Wildman–Crippen MR) is 78.9 cm³/mol. The van der Waals surface area contributed by atoms with E-state index in [0.717, 1.165) is 16.7 Å². The minimum atomic E-state index is 0.344. The van der Waals surface area contributed by atoms with E-state index in [1.165, 1.54) is 25.7 Å². The zero-order valence-electron chi connectivity index (χ0n) is 10.7. The number of aromatic nitrogens is 2. The van der Waals surface area contributed by atoms with Crippen LogP contribution in [0.25, 0.3) is 0 Å². The molecule has 2 nitrogen and oxygen atoms in total. The highest BCUT2D eigenvalue weighted by Gasteiger charge is 2.27. The molecule has 0 aliphatic carbocycles. The van der Waals surface area contributed by atoms with Gasteiger partial charge in [-0.05, 0) is 30.1 Å². The lowest BCUT2D eigenvalue weighted by Gasteiger charge is -2.31. The second kappa shape index (κ2) is 7.98. The maximum atomic E-state index is 4.56. The van der Waals surface area contributed by atoms with Crippen molar-refractivity contribution >= 4 is 24.4 Å². The van der Waals surface area contributed by atoms with Gasteiger partial charge in [-0.15, -0.1) is 0 Å². The highest BCUT2D eigenvalue weighted by atomic mass is 32.2. The quantitative estimate of drug-likeness (QED) is 0.438. The summed E-state index contributed by atoms with van der Waals surface area (Å²) in [5.41, 5.74) is 0.344. The molecule has 1 heterocycles. The van der Waals surface area contributed by atoms with Crippen molar-refractivity contribution in [1.82, 2.24) is 9.97 Å². The molecule has 0 amide bonds. The molecule has 0 spiro atoms. The molecule has 0 saturated heterocycles. The van der Waals surface area contributed by atoms with Crippen LogP contribution in [0, 0.1) is 5.41 Å². The van der Waals surface area contributed by atoms with Crippen LogP contribution < -0.4 is 0 Å². The molecular weight excluding hydrogens is 248 g/mol. The number of thiol groups is 1. The number of thioether (sulfide) groups is 1. The van der Waals surface area contributed by atoms with Crippen molar-refractivity contribution in [1.29, 1.82) is 0 Å². The van der Waals surface area contributed by atoms with Gasteiger partial charge in [-0.25, -0.2) is 9.97 Å². The molecule has 0 atom stereocenters. The number of rotatable bonds is 8. The smallest absolute Gasteiger partial charge is 0.187 e. The van der Waals surface area contributed by atoms with Crippen LogP contribution in [0.5, 0.6) is 0 Å². The molecule has 1 aromatic rings. The van der Waals surface area contributed by atoms with E-state index in [0.29, 0.717) is 5.41 Å². The average Bonchev–Trinajstić information content (AvgIpc) is 2.38. The van der Waals surface area contributed by atoms with Crippen molar-refractivity contribution in [2.45, 2.75) is 44.7 Å². The molecule has 4 heteroatoms. The molecule has 0 N–H and O–H groups in total. The van der Waals surface area contributed by atoms with Gasteiger partial charge in [0.25, 0.3) is 0 Å². The highest BCUT2D eigenvalue weighted by Crippen LogP contribution is 2.36. The Kier molecular flexibility index (Phi) is 6.97. The van der Waals surface area contributed by atoms with E-state index >= 15 is 0 Å². The second-order valence-electron chi connectivity index (χ2n) is 4.48. The summed E-state index contributed by atoms with van der Waals surface area (Å²) < 4.78 is 0. The van der Waals surface area contributed by atoms with Crippen molar-refractivity contribution in [2.75, 3.05) is 11.5 Å². The van der Waals surface area contributed by atoms with Crippen LogP contribution in [0.4, 0.5) is 0 Å². The summed E-state index contributed by atoms with van der Waals surface area (Å²) in [5.74, 6) is 2.02. The van der Waals surface area contributed by atoms with Crippen LogP contribution >= 0.6 is 24.4 Å². The van der Waals surface area contributed by atoms with E-state index in [2.05, 4.69) is 36.4 Å². The molecule has 96 valence electrons. The lowest BCUT2D eigenvalue weighted by molar-refractivity contribution is 0.318. The van der Waals surface area contributed by atoms with E-state index in [9.17, 15) is 0 Å². The van der Waals surface area contributed by atoms with Crippen LogP contribution in [0.2, 0.25) is 0 Å². The predicted octanol–water partition coefficient (Wildman–Crippen LogP) is 4.09. The van der Waals surface area contributed by atoms with Crippen molar-refractivity contribution in [3.05, 3.63) is 18.5 Å². The highest BCUT2D eigenvalue weighted by molar-refractivity contribution is 7.99. The Morgan fingerprint density at radius 3 is 2.24 bits per heavy atom. The summed E-state index contributed by atoms with van der Waals surface area (Å²) in [7, 11) is 0. The number of hydrogen-bond donors (Lipinski definition) is 1. The average molecular weight is 270 g/mol. The lowest BCUT2D eigenvalue weighted by atomic mass is 9.83. The normalized spacial score (nSPS) is 11.7. The van der Waals surface area contributed by atoms with Gasteiger partial charge in [-0.2, -0.15) is 12.6 Å². The minimum absolute atomic E-state index is 0.344. The molecule has 0 saturated carbocycles.